The number of carbonyl (C=O) groups is 1. The van der Waals surface area contributed by atoms with E-state index in [2.05, 4.69) is 32.6 Å². The number of halogens is 1. The van der Waals surface area contributed by atoms with Gasteiger partial charge in [0.15, 0.2) is 5.11 Å². The van der Waals surface area contributed by atoms with Gasteiger partial charge < -0.3 is 10.8 Å². The summed E-state index contributed by atoms with van der Waals surface area (Å²) in [5, 5.41) is 7.05. The Labute approximate surface area is 191 Å². The van der Waals surface area contributed by atoms with Crippen molar-refractivity contribution in [1.29, 1.82) is 0 Å². The first-order chi connectivity index (χ1) is 14.0. The van der Waals surface area contributed by atoms with E-state index < -0.39 is 0 Å². The van der Waals surface area contributed by atoms with E-state index in [0.29, 0.717) is 5.56 Å². The maximum Gasteiger partial charge on any atom is 0.257 e. The van der Waals surface area contributed by atoms with Crippen LogP contribution in [0.5, 0.6) is 0 Å². The SMILES string of the molecule is Cc1ccc(-c2nc3ccccc3s2)cc1NC(=S)NC(=O)c1cccc(Br)c1.O. The van der Waals surface area contributed by atoms with Gasteiger partial charge in [-0.15, -0.1) is 11.3 Å². The van der Waals surface area contributed by atoms with E-state index >= 15 is 0 Å². The van der Waals surface area contributed by atoms with Crippen molar-refractivity contribution in [2.24, 2.45) is 0 Å². The molecule has 1 aromatic heterocycles. The summed E-state index contributed by atoms with van der Waals surface area (Å²) in [6.07, 6.45) is 0. The van der Waals surface area contributed by atoms with Crippen LogP contribution in [0.1, 0.15) is 15.9 Å². The highest BCUT2D eigenvalue weighted by Crippen LogP contribution is 2.32. The number of hydrogen-bond donors (Lipinski definition) is 2. The van der Waals surface area contributed by atoms with Crippen LogP contribution in [0.3, 0.4) is 0 Å². The molecule has 0 aliphatic rings. The van der Waals surface area contributed by atoms with Crippen LogP contribution in [0.25, 0.3) is 20.8 Å². The van der Waals surface area contributed by atoms with E-state index in [4.69, 9.17) is 17.2 Å². The maximum absolute atomic E-state index is 12.4. The van der Waals surface area contributed by atoms with Gasteiger partial charge in [-0.25, -0.2) is 4.98 Å². The number of anilines is 1. The highest BCUT2D eigenvalue weighted by atomic mass is 79.9. The third kappa shape index (κ3) is 4.91. The molecule has 3 aromatic carbocycles. The molecule has 0 bridgehead atoms. The maximum atomic E-state index is 12.4. The van der Waals surface area contributed by atoms with E-state index in [1.54, 1.807) is 29.5 Å². The summed E-state index contributed by atoms with van der Waals surface area (Å²) in [5.74, 6) is -0.260. The van der Waals surface area contributed by atoms with Crippen LogP contribution in [0, 0.1) is 6.92 Å². The van der Waals surface area contributed by atoms with Crippen LogP contribution in [0.15, 0.2) is 71.2 Å². The summed E-state index contributed by atoms with van der Waals surface area (Å²) in [7, 11) is 0. The molecular weight excluding hydrogens is 482 g/mol. The second-order valence-electron chi connectivity index (χ2n) is 6.44. The van der Waals surface area contributed by atoms with Crippen LogP contribution < -0.4 is 10.6 Å². The monoisotopic (exact) mass is 499 g/mol. The Kier molecular flexibility index (Phi) is 6.94. The lowest BCUT2D eigenvalue weighted by Crippen LogP contribution is -2.34. The lowest BCUT2D eigenvalue weighted by molar-refractivity contribution is 0.0977. The largest absolute Gasteiger partial charge is 0.412 e. The molecule has 4 rings (SSSR count). The molecule has 8 heteroatoms. The molecule has 0 spiro atoms. The molecule has 30 heavy (non-hydrogen) atoms. The van der Waals surface area contributed by atoms with Crippen LogP contribution in [0.2, 0.25) is 0 Å². The minimum atomic E-state index is -0.260. The minimum Gasteiger partial charge on any atom is -0.412 e. The Morgan fingerprint density at radius 1 is 1.07 bits per heavy atom. The van der Waals surface area contributed by atoms with Crippen molar-refractivity contribution < 1.29 is 10.3 Å². The van der Waals surface area contributed by atoms with Gasteiger partial charge in [0.25, 0.3) is 5.91 Å². The van der Waals surface area contributed by atoms with Crippen molar-refractivity contribution in [2.45, 2.75) is 6.92 Å². The molecule has 0 fully saturated rings. The lowest BCUT2D eigenvalue weighted by atomic mass is 10.1. The van der Waals surface area contributed by atoms with Gasteiger partial charge in [-0.3, -0.25) is 10.1 Å². The number of aromatic nitrogens is 1. The number of nitrogens with one attached hydrogen (secondary N) is 2. The molecule has 4 N–H and O–H groups in total. The summed E-state index contributed by atoms with van der Waals surface area (Å²) in [6, 6.07) is 21.3. The summed E-state index contributed by atoms with van der Waals surface area (Å²) in [6.45, 7) is 1.99. The number of thiocarbonyl (C=S) groups is 1. The third-order valence-electron chi connectivity index (χ3n) is 4.34. The molecule has 152 valence electrons. The first kappa shape index (κ1) is 22.0. The fourth-order valence-corrected chi connectivity index (χ4v) is 4.41. The Balaban J connectivity index is 0.00000256. The number of aryl methyl sites for hydroxylation is 1. The summed E-state index contributed by atoms with van der Waals surface area (Å²) < 4.78 is 1.98. The van der Waals surface area contributed by atoms with Crippen molar-refractivity contribution in [3.05, 3.63) is 82.3 Å². The first-order valence-corrected chi connectivity index (χ1v) is 10.9. The van der Waals surface area contributed by atoms with Crippen molar-refractivity contribution >= 4 is 66.4 Å². The predicted molar refractivity (Wildman–Crippen MR) is 131 cm³/mol. The van der Waals surface area contributed by atoms with Gasteiger partial charge in [0.1, 0.15) is 5.01 Å². The highest BCUT2D eigenvalue weighted by molar-refractivity contribution is 9.10. The molecule has 0 saturated carbocycles. The standard InChI is InChI=1S/C22H16BrN3OS2.H2O/c1-13-9-10-15(21-24-17-7-2-3-8-19(17)29-21)12-18(13)25-22(28)26-20(27)14-5-4-6-16(23)11-14;/h2-12H,1H3,(H2,25,26,27,28);1H2. The summed E-state index contributed by atoms with van der Waals surface area (Å²) in [4.78, 5) is 17.1. The molecule has 0 radical (unpaired) electrons. The summed E-state index contributed by atoms with van der Waals surface area (Å²) >= 11 is 10.4. The average molecular weight is 500 g/mol. The second-order valence-corrected chi connectivity index (χ2v) is 8.79. The molecule has 0 aliphatic carbocycles. The molecular formula is C22H18BrN3O2S2. The van der Waals surface area contributed by atoms with Crippen LogP contribution in [0.4, 0.5) is 5.69 Å². The van der Waals surface area contributed by atoms with Gasteiger partial charge in [0.2, 0.25) is 0 Å². The van der Waals surface area contributed by atoms with Gasteiger partial charge in [-0.2, -0.15) is 0 Å². The van der Waals surface area contributed by atoms with Crippen LogP contribution >= 0.6 is 39.5 Å². The molecule has 1 heterocycles. The highest BCUT2D eigenvalue weighted by Gasteiger charge is 2.11. The molecule has 5 nitrogen and oxygen atoms in total. The van der Waals surface area contributed by atoms with Crippen molar-refractivity contribution in [1.82, 2.24) is 10.3 Å². The Morgan fingerprint density at radius 2 is 1.87 bits per heavy atom. The zero-order valence-corrected chi connectivity index (χ0v) is 19.1. The van der Waals surface area contributed by atoms with E-state index in [-0.39, 0.29) is 16.5 Å². The van der Waals surface area contributed by atoms with E-state index in [9.17, 15) is 4.79 Å². The van der Waals surface area contributed by atoms with Crippen molar-refractivity contribution in [2.75, 3.05) is 5.32 Å². The van der Waals surface area contributed by atoms with Crippen LogP contribution in [-0.4, -0.2) is 21.5 Å². The van der Waals surface area contributed by atoms with Gasteiger partial charge in [-0.05, 0) is 61.1 Å². The smallest absolute Gasteiger partial charge is 0.257 e. The number of carbonyl (C=O) groups excluding carboxylic acids is 1. The van der Waals surface area contributed by atoms with Crippen molar-refractivity contribution in [3.8, 4) is 10.6 Å². The Bertz CT molecular complexity index is 1210. The Hall–Kier alpha value is -2.65. The molecule has 4 aromatic rings. The van der Waals surface area contributed by atoms with E-state index in [0.717, 1.165) is 36.5 Å². The second kappa shape index (κ2) is 9.44. The number of fused-ring (bicyclic) bond motifs is 1. The quantitative estimate of drug-likeness (QED) is 0.372. The number of para-hydroxylation sites is 1. The van der Waals surface area contributed by atoms with Gasteiger partial charge in [-0.1, -0.05) is 46.3 Å². The number of hydrogen-bond acceptors (Lipinski definition) is 4. The zero-order valence-electron chi connectivity index (χ0n) is 15.9. The Morgan fingerprint density at radius 3 is 2.63 bits per heavy atom. The molecule has 0 atom stereocenters. The van der Waals surface area contributed by atoms with Gasteiger partial charge in [0, 0.05) is 21.3 Å². The summed E-state index contributed by atoms with van der Waals surface area (Å²) in [5.41, 5.74) is 4.37. The number of benzene rings is 3. The zero-order chi connectivity index (χ0) is 20.4. The van der Waals surface area contributed by atoms with Gasteiger partial charge in [0.05, 0.1) is 10.2 Å². The van der Waals surface area contributed by atoms with Gasteiger partial charge >= 0.3 is 0 Å². The topological polar surface area (TPSA) is 85.5 Å². The minimum absolute atomic E-state index is 0. The predicted octanol–water partition coefficient (Wildman–Crippen LogP) is 5.34. The first-order valence-electron chi connectivity index (χ1n) is 8.84. The molecule has 1 amide bonds. The fraction of sp³-hybridized carbons (Fsp3) is 0.0455. The number of amides is 1. The van der Waals surface area contributed by atoms with E-state index in [1.165, 1.54) is 0 Å². The fourth-order valence-electron chi connectivity index (χ4n) is 2.84. The van der Waals surface area contributed by atoms with E-state index in [1.807, 2.05) is 49.4 Å². The number of thiazole rings is 1. The lowest BCUT2D eigenvalue weighted by Gasteiger charge is -2.13. The van der Waals surface area contributed by atoms with Crippen LogP contribution in [-0.2, 0) is 0 Å². The number of rotatable bonds is 3. The third-order valence-corrected chi connectivity index (χ3v) is 6.12. The number of nitrogens with zero attached hydrogens (tertiary/aromatic N) is 1. The normalized spacial score (nSPS) is 10.3. The average Bonchev–Trinajstić information content (AvgIpc) is 3.14. The van der Waals surface area contributed by atoms with Crippen molar-refractivity contribution in [3.63, 3.8) is 0 Å². The molecule has 0 aliphatic heterocycles. The molecule has 0 unspecified atom stereocenters. The molecule has 0 saturated heterocycles.